The molecule has 7 heteroatoms. The standard InChI is InChI=1S/C21H23N5O2/c27-19(22-16-7-3-1-4-8-16)15-18-20(28)24-21(23-18)26-13-11-25(12-14-26)17-9-5-2-6-10-17/h1-10,18H,11-15H2,(H,22,27)(H,23,24,28). The summed E-state index contributed by atoms with van der Waals surface area (Å²) in [7, 11) is 0. The van der Waals surface area contributed by atoms with Crippen molar-refractivity contribution in [1.82, 2.24) is 10.2 Å². The number of anilines is 2. The average molecular weight is 377 g/mol. The quantitative estimate of drug-likeness (QED) is 0.848. The Morgan fingerprint density at radius 2 is 1.57 bits per heavy atom. The zero-order valence-electron chi connectivity index (χ0n) is 15.5. The molecule has 1 saturated heterocycles. The Morgan fingerprint density at radius 3 is 2.25 bits per heavy atom. The van der Waals surface area contributed by atoms with Gasteiger partial charge in [-0.3, -0.25) is 9.59 Å². The third kappa shape index (κ3) is 4.14. The summed E-state index contributed by atoms with van der Waals surface area (Å²) < 4.78 is 0. The lowest BCUT2D eigenvalue weighted by molar-refractivity contribution is -0.123. The van der Waals surface area contributed by atoms with Crippen molar-refractivity contribution in [2.45, 2.75) is 12.5 Å². The number of rotatable bonds is 4. The van der Waals surface area contributed by atoms with Crippen molar-refractivity contribution in [2.24, 2.45) is 4.99 Å². The molecule has 4 rings (SSSR count). The van der Waals surface area contributed by atoms with E-state index in [0.717, 1.165) is 31.9 Å². The van der Waals surface area contributed by atoms with E-state index in [1.165, 1.54) is 5.69 Å². The van der Waals surface area contributed by atoms with Crippen molar-refractivity contribution in [3.63, 3.8) is 0 Å². The van der Waals surface area contributed by atoms with Gasteiger partial charge in [-0.05, 0) is 24.3 Å². The van der Waals surface area contributed by atoms with Gasteiger partial charge in [0, 0.05) is 37.6 Å². The van der Waals surface area contributed by atoms with Crippen molar-refractivity contribution in [2.75, 3.05) is 36.4 Å². The number of aliphatic imine (C=N–C) groups is 1. The van der Waals surface area contributed by atoms with Crippen LogP contribution in [0.5, 0.6) is 0 Å². The van der Waals surface area contributed by atoms with E-state index < -0.39 is 6.04 Å². The summed E-state index contributed by atoms with van der Waals surface area (Å²) >= 11 is 0. The number of carbonyl (C=O) groups excluding carboxylic acids is 2. The highest BCUT2D eigenvalue weighted by Crippen LogP contribution is 2.17. The highest BCUT2D eigenvalue weighted by Gasteiger charge is 2.32. The second-order valence-electron chi connectivity index (χ2n) is 6.90. The Labute approximate surface area is 164 Å². The first-order valence-electron chi connectivity index (χ1n) is 9.48. The Morgan fingerprint density at radius 1 is 0.964 bits per heavy atom. The summed E-state index contributed by atoms with van der Waals surface area (Å²) in [5, 5.41) is 5.93. The average Bonchev–Trinajstić information content (AvgIpc) is 3.09. The monoisotopic (exact) mass is 377 g/mol. The smallest absolute Gasteiger partial charge is 0.271 e. The second-order valence-corrected chi connectivity index (χ2v) is 6.90. The topological polar surface area (TPSA) is 77.0 Å². The van der Waals surface area contributed by atoms with Crippen LogP contribution in [-0.4, -0.2) is 54.9 Å². The Hall–Kier alpha value is -3.35. The van der Waals surface area contributed by atoms with Gasteiger partial charge in [0.2, 0.25) is 11.9 Å². The number of nitrogens with zero attached hydrogens (tertiary/aromatic N) is 3. The predicted octanol–water partition coefficient (Wildman–Crippen LogP) is 1.69. The van der Waals surface area contributed by atoms with E-state index >= 15 is 0 Å². The first-order valence-corrected chi connectivity index (χ1v) is 9.48. The van der Waals surface area contributed by atoms with Crippen molar-refractivity contribution in [3.05, 3.63) is 60.7 Å². The summed E-state index contributed by atoms with van der Waals surface area (Å²) in [6.45, 7) is 3.27. The molecule has 28 heavy (non-hydrogen) atoms. The lowest BCUT2D eigenvalue weighted by atomic mass is 10.2. The van der Waals surface area contributed by atoms with Gasteiger partial charge in [-0.2, -0.15) is 4.99 Å². The van der Waals surface area contributed by atoms with E-state index in [1.54, 1.807) is 0 Å². The predicted molar refractivity (Wildman–Crippen MR) is 109 cm³/mol. The fourth-order valence-electron chi connectivity index (χ4n) is 3.47. The maximum Gasteiger partial charge on any atom is 0.271 e. The number of carbonyl (C=O) groups is 2. The summed E-state index contributed by atoms with van der Waals surface area (Å²) in [5.41, 5.74) is 1.92. The van der Waals surface area contributed by atoms with Crippen LogP contribution in [0.1, 0.15) is 6.42 Å². The van der Waals surface area contributed by atoms with Crippen LogP contribution in [0.3, 0.4) is 0 Å². The number of nitrogens with one attached hydrogen (secondary N) is 2. The number of piperazine rings is 1. The van der Waals surface area contributed by atoms with Crippen LogP contribution in [0.25, 0.3) is 0 Å². The van der Waals surface area contributed by atoms with Crippen molar-refractivity contribution in [3.8, 4) is 0 Å². The second kappa shape index (κ2) is 8.12. The first kappa shape index (κ1) is 18.0. The highest BCUT2D eigenvalue weighted by molar-refractivity contribution is 6.05. The molecule has 2 aliphatic heterocycles. The normalized spacial score (nSPS) is 19.2. The molecule has 2 aliphatic rings. The number of hydrogen-bond acceptors (Lipinski definition) is 5. The molecule has 1 fully saturated rings. The van der Waals surface area contributed by atoms with Gasteiger partial charge in [-0.15, -0.1) is 0 Å². The van der Waals surface area contributed by atoms with Crippen LogP contribution in [0.4, 0.5) is 11.4 Å². The van der Waals surface area contributed by atoms with Gasteiger partial charge in [0.15, 0.2) is 0 Å². The van der Waals surface area contributed by atoms with Crippen LogP contribution in [0.2, 0.25) is 0 Å². The van der Waals surface area contributed by atoms with Gasteiger partial charge >= 0.3 is 0 Å². The van der Waals surface area contributed by atoms with Gasteiger partial charge in [0.05, 0.1) is 6.42 Å². The van der Waals surface area contributed by atoms with E-state index in [2.05, 4.69) is 37.6 Å². The summed E-state index contributed by atoms with van der Waals surface area (Å²) in [4.78, 5) is 33.0. The molecule has 2 heterocycles. The molecule has 0 aliphatic carbocycles. The molecule has 2 N–H and O–H groups in total. The lowest BCUT2D eigenvalue weighted by Gasteiger charge is -2.37. The molecule has 2 amide bonds. The van der Waals surface area contributed by atoms with Gasteiger partial charge in [-0.1, -0.05) is 36.4 Å². The summed E-state index contributed by atoms with van der Waals surface area (Å²) in [6, 6.07) is 18.9. The minimum absolute atomic E-state index is 0.0602. The van der Waals surface area contributed by atoms with Crippen molar-refractivity contribution < 1.29 is 9.59 Å². The number of para-hydroxylation sites is 2. The van der Waals surface area contributed by atoms with Crippen molar-refractivity contribution >= 4 is 29.1 Å². The van der Waals surface area contributed by atoms with E-state index in [1.807, 2.05) is 48.5 Å². The van der Waals surface area contributed by atoms with Gasteiger partial charge in [0.25, 0.3) is 5.91 Å². The van der Waals surface area contributed by atoms with Crippen LogP contribution in [0, 0.1) is 0 Å². The highest BCUT2D eigenvalue weighted by atomic mass is 16.2. The maximum absolute atomic E-state index is 12.2. The number of benzene rings is 2. The van der Waals surface area contributed by atoms with E-state index in [9.17, 15) is 9.59 Å². The molecule has 144 valence electrons. The largest absolute Gasteiger partial charge is 0.368 e. The zero-order chi connectivity index (χ0) is 19.3. The van der Waals surface area contributed by atoms with Gasteiger partial charge in [0.1, 0.15) is 6.04 Å². The minimum atomic E-state index is -0.606. The molecule has 1 atom stereocenters. The van der Waals surface area contributed by atoms with Crippen molar-refractivity contribution in [1.29, 1.82) is 0 Å². The number of guanidine groups is 1. The molecule has 0 radical (unpaired) electrons. The fourth-order valence-corrected chi connectivity index (χ4v) is 3.47. The lowest BCUT2D eigenvalue weighted by Crippen LogP contribution is -2.52. The number of hydrogen-bond donors (Lipinski definition) is 2. The third-order valence-corrected chi connectivity index (χ3v) is 4.97. The first-order chi connectivity index (χ1) is 13.7. The number of amides is 2. The van der Waals surface area contributed by atoms with Crippen LogP contribution in [0.15, 0.2) is 65.7 Å². The fraction of sp³-hybridized carbons (Fsp3) is 0.286. The van der Waals surface area contributed by atoms with Crippen LogP contribution >= 0.6 is 0 Å². The Kier molecular flexibility index (Phi) is 5.23. The SMILES string of the molecule is O=C(CC1NC(N2CCN(c3ccccc3)CC2)=NC1=O)Nc1ccccc1. The zero-order valence-corrected chi connectivity index (χ0v) is 15.5. The molecule has 0 saturated carbocycles. The molecule has 0 bridgehead atoms. The third-order valence-electron chi connectivity index (χ3n) is 4.97. The van der Waals surface area contributed by atoms with Crippen LogP contribution < -0.4 is 15.5 Å². The molecule has 7 nitrogen and oxygen atoms in total. The van der Waals surface area contributed by atoms with E-state index in [4.69, 9.17) is 0 Å². The molecule has 2 aromatic rings. The molecular weight excluding hydrogens is 354 g/mol. The molecule has 2 aromatic carbocycles. The summed E-state index contributed by atoms with van der Waals surface area (Å²) in [5.74, 6) is 0.0846. The molecular formula is C21H23N5O2. The Bertz CT molecular complexity index is 861. The van der Waals surface area contributed by atoms with E-state index in [0.29, 0.717) is 5.96 Å². The van der Waals surface area contributed by atoms with E-state index in [-0.39, 0.29) is 18.2 Å². The maximum atomic E-state index is 12.2. The minimum Gasteiger partial charge on any atom is -0.368 e. The molecule has 0 spiro atoms. The molecule has 1 unspecified atom stereocenters. The van der Waals surface area contributed by atoms with Gasteiger partial charge < -0.3 is 20.4 Å². The molecule has 0 aromatic heterocycles. The Balaban J connectivity index is 1.29. The summed E-state index contributed by atoms with van der Waals surface area (Å²) in [6.07, 6.45) is 0.0602. The van der Waals surface area contributed by atoms with Crippen LogP contribution in [-0.2, 0) is 9.59 Å². The van der Waals surface area contributed by atoms with Gasteiger partial charge in [-0.25, -0.2) is 0 Å².